The zero-order chi connectivity index (χ0) is 21.0. The molecular weight excluding hydrogens is 400 g/mol. The molecule has 9 nitrogen and oxygen atoms in total. The molecule has 29 heavy (non-hydrogen) atoms. The standard InChI is InChI=1S/C19H22N2O7S/c1-2-27-19(26)17-11-5-3-4-6-12(11)29-18(17)20-13(22)10-28-16(25)9-21-14(23)7-8-15(21)24/h2-10H2,1H3,(H,20,22). The van der Waals surface area contributed by atoms with Gasteiger partial charge in [0, 0.05) is 17.7 Å². The Labute approximate surface area is 171 Å². The topological polar surface area (TPSA) is 119 Å². The summed E-state index contributed by atoms with van der Waals surface area (Å²) in [6.45, 7) is 0.846. The summed E-state index contributed by atoms with van der Waals surface area (Å²) in [5.74, 6) is -2.80. The summed E-state index contributed by atoms with van der Waals surface area (Å²) in [4.78, 5) is 61.4. The van der Waals surface area contributed by atoms with Crippen molar-refractivity contribution in [1.29, 1.82) is 0 Å². The minimum Gasteiger partial charge on any atom is -0.462 e. The first-order chi connectivity index (χ1) is 13.9. The van der Waals surface area contributed by atoms with Crippen LogP contribution in [0.3, 0.4) is 0 Å². The van der Waals surface area contributed by atoms with Crippen molar-refractivity contribution in [2.24, 2.45) is 0 Å². The molecule has 1 aromatic heterocycles. The maximum Gasteiger partial charge on any atom is 0.341 e. The van der Waals surface area contributed by atoms with Crippen LogP contribution in [0.1, 0.15) is 53.4 Å². The van der Waals surface area contributed by atoms with Crippen molar-refractivity contribution in [3.05, 3.63) is 16.0 Å². The molecule has 0 unspecified atom stereocenters. The van der Waals surface area contributed by atoms with Crippen LogP contribution in [0, 0.1) is 0 Å². The normalized spacial score (nSPS) is 15.8. The predicted octanol–water partition coefficient (Wildman–Crippen LogP) is 1.43. The van der Waals surface area contributed by atoms with Gasteiger partial charge in [0.1, 0.15) is 11.5 Å². The first-order valence-corrected chi connectivity index (χ1v) is 10.3. The van der Waals surface area contributed by atoms with Gasteiger partial charge in [-0.2, -0.15) is 0 Å². The lowest BCUT2D eigenvalue weighted by Gasteiger charge is -2.13. The molecule has 1 N–H and O–H groups in total. The highest BCUT2D eigenvalue weighted by Crippen LogP contribution is 2.38. The molecule has 1 aliphatic carbocycles. The van der Waals surface area contributed by atoms with E-state index in [9.17, 15) is 24.0 Å². The Hall–Kier alpha value is -2.75. The van der Waals surface area contributed by atoms with Gasteiger partial charge in [-0.25, -0.2) is 4.79 Å². The minimum absolute atomic E-state index is 0.0757. The Bertz CT molecular complexity index is 845. The lowest BCUT2D eigenvalue weighted by Crippen LogP contribution is -2.36. The number of carbonyl (C=O) groups is 5. The van der Waals surface area contributed by atoms with Crippen LogP contribution in [-0.4, -0.2) is 54.3 Å². The van der Waals surface area contributed by atoms with Crippen LogP contribution in [0.15, 0.2) is 0 Å². The number of esters is 2. The number of aryl methyl sites for hydroxylation is 1. The summed E-state index contributed by atoms with van der Waals surface area (Å²) in [6, 6.07) is 0. The summed E-state index contributed by atoms with van der Waals surface area (Å²) >= 11 is 1.33. The van der Waals surface area contributed by atoms with Gasteiger partial charge >= 0.3 is 11.9 Å². The van der Waals surface area contributed by atoms with Crippen molar-refractivity contribution in [3.8, 4) is 0 Å². The molecule has 2 aliphatic rings. The van der Waals surface area contributed by atoms with Gasteiger partial charge in [0.25, 0.3) is 5.91 Å². The van der Waals surface area contributed by atoms with Gasteiger partial charge < -0.3 is 14.8 Å². The monoisotopic (exact) mass is 422 g/mol. The number of thiophene rings is 1. The van der Waals surface area contributed by atoms with E-state index in [4.69, 9.17) is 9.47 Å². The van der Waals surface area contributed by atoms with E-state index in [1.807, 2.05) is 0 Å². The van der Waals surface area contributed by atoms with Gasteiger partial charge in [0.15, 0.2) is 6.61 Å². The molecule has 0 atom stereocenters. The third kappa shape index (κ3) is 4.81. The summed E-state index contributed by atoms with van der Waals surface area (Å²) in [7, 11) is 0. The van der Waals surface area contributed by atoms with Crippen molar-refractivity contribution in [1.82, 2.24) is 4.90 Å². The van der Waals surface area contributed by atoms with E-state index in [1.165, 1.54) is 11.3 Å². The van der Waals surface area contributed by atoms with Gasteiger partial charge in [-0.05, 0) is 38.2 Å². The molecule has 0 saturated carbocycles. The summed E-state index contributed by atoms with van der Waals surface area (Å²) in [5, 5.41) is 3.02. The molecule has 156 valence electrons. The van der Waals surface area contributed by atoms with E-state index in [1.54, 1.807) is 6.92 Å². The van der Waals surface area contributed by atoms with Gasteiger partial charge in [0.2, 0.25) is 11.8 Å². The quantitative estimate of drug-likeness (QED) is 0.521. The molecule has 1 saturated heterocycles. The lowest BCUT2D eigenvalue weighted by atomic mass is 9.95. The molecule has 1 aliphatic heterocycles. The van der Waals surface area contributed by atoms with E-state index in [0.29, 0.717) is 10.6 Å². The number of ether oxygens (including phenoxy) is 2. The highest BCUT2D eigenvalue weighted by molar-refractivity contribution is 7.17. The van der Waals surface area contributed by atoms with Crippen molar-refractivity contribution in [3.63, 3.8) is 0 Å². The Balaban J connectivity index is 1.61. The third-order valence-electron chi connectivity index (χ3n) is 4.71. The van der Waals surface area contributed by atoms with Crippen LogP contribution >= 0.6 is 11.3 Å². The van der Waals surface area contributed by atoms with Gasteiger partial charge in [-0.1, -0.05) is 0 Å². The second-order valence-electron chi connectivity index (χ2n) is 6.72. The molecule has 3 amide bonds. The second kappa shape index (κ2) is 9.17. The van der Waals surface area contributed by atoms with Crippen LogP contribution in [0.2, 0.25) is 0 Å². The zero-order valence-electron chi connectivity index (χ0n) is 16.1. The Morgan fingerprint density at radius 1 is 1.03 bits per heavy atom. The average Bonchev–Trinajstić information content (AvgIpc) is 3.20. The maximum atomic E-state index is 12.4. The third-order valence-corrected chi connectivity index (χ3v) is 5.92. The number of hydrogen-bond donors (Lipinski definition) is 1. The molecule has 0 bridgehead atoms. The van der Waals surface area contributed by atoms with E-state index < -0.39 is 42.8 Å². The van der Waals surface area contributed by atoms with Gasteiger partial charge in [-0.15, -0.1) is 11.3 Å². The first-order valence-electron chi connectivity index (χ1n) is 9.51. The molecule has 3 rings (SSSR count). The highest BCUT2D eigenvalue weighted by atomic mass is 32.1. The number of nitrogens with one attached hydrogen (secondary N) is 1. The van der Waals surface area contributed by atoms with Crippen LogP contribution < -0.4 is 5.32 Å². The number of carbonyl (C=O) groups excluding carboxylic acids is 5. The first kappa shape index (κ1) is 21.0. The summed E-state index contributed by atoms with van der Waals surface area (Å²) in [6.07, 6.45) is 3.74. The minimum atomic E-state index is -0.847. The van der Waals surface area contributed by atoms with E-state index in [-0.39, 0.29) is 19.4 Å². The number of fused-ring (bicyclic) bond motifs is 1. The number of anilines is 1. The Morgan fingerprint density at radius 3 is 2.41 bits per heavy atom. The van der Waals surface area contributed by atoms with Crippen LogP contribution in [0.4, 0.5) is 5.00 Å². The lowest BCUT2D eigenvalue weighted by molar-refractivity contribution is -0.153. The second-order valence-corrected chi connectivity index (χ2v) is 7.82. The Morgan fingerprint density at radius 2 is 1.72 bits per heavy atom. The maximum absolute atomic E-state index is 12.4. The van der Waals surface area contributed by atoms with Crippen molar-refractivity contribution >= 4 is 46.0 Å². The van der Waals surface area contributed by atoms with E-state index >= 15 is 0 Å². The molecule has 1 aromatic rings. The average molecular weight is 422 g/mol. The summed E-state index contributed by atoms with van der Waals surface area (Å²) < 4.78 is 10.0. The predicted molar refractivity (Wildman–Crippen MR) is 102 cm³/mol. The zero-order valence-corrected chi connectivity index (χ0v) is 16.9. The fourth-order valence-corrected chi connectivity index (χ4v) is 4.65. The molecule has 10 heteroatoms. The van der Waals surface area contributed by atoms with Crippen molar-refractivity contribution in [2.75, 3.05) is 25.1 Å². The number of hydrogen-bond acceptors (Lipinski definition) is 8. The largest absolute Gasteiger partial charge is 0.462 e. The SMILES string of the molecule is CCOC(=O)c1c(NC(=O)COC(=O)CN2C(=O)CCC2=O)sc2c1CCCC2. The Kier molecular flexibility index (Phi) is 6.63. The van der Waals surface area contributed by atoms with Gasteiger partial charge in [0.05, 0.1) is 12.2 Å². The molecule has 1 fully saturated rings. The number of rotatable bonds is 7. The number of likely N-dealkylation sites (tertiary alicyclic amines) is 1. The molecule has 2 heterocycles. The number of nitrogens with zero attached hydrogens (tertiary/aromatic N) is 1. The van der Waals surface area contributed by atoms with E-state index in [0.717, 1.165) is 41.0 Å². The van der Waals surface area contributed by atoms with Crippen LogP contribution in [0.5, 0.6) is 0 Å². The fourth-order valence-electron chi connectivity index (χ4n) is 3.36. The molecule has 0 spiro atoms. The molecular formula is C19H22N2O7S. The van der Waals surface area contributed by atoms with Crippen molar-refractivity contribution in [2.45, 2.75) is 45.4 Å². The number of imide groups is 1. The fraction of sp³-hybridized carbons (Fsp3) is 0.526. The summed E-state index contributed by atoms with van der Waals surface area (Å²) in [5.41, 5.74) is 1.29. The highest BCUT2D eigenvalue weighted by Gasteiger charge is 2.31. The van der Waals surface area contributed by atoms with E-state index in [2.05, 4.69) is 5.32 Å². The van der Waals surface area contributed by atoms with Crippen molar-refractivity contribution < 1.29 is 33.4 Å². The number of amides is 3. The van der Waals surface area contributed by atoms with Crippen LogP contribution in [0.25, 0.3) is 0 Å². The molecule has 0 aromatic carbocycles. The van der Waals surface area contributed by atoms with Crippen LogP contribution in [-0.2, 0) is 41.5 Å². The molecule has 0 radical (unpaired) electrons. The van der Waals surface area contributed by atoms with Gasteiger partial charge in [-0.3, -0.25) is 24.1 Å². The smallest absolute Gasteiger partial charge is 0.341 e.